The summed E-state index contributed by atoms with van der Waals surface area (Å²) in [4.78, 5) is 73.4. The van der Waals surface area contributed by atoms with E-state index in [1.807, 2.05) is 0 Å². The van der Waals surface area contributed by atoms with Gasteiger partial charge in [-0.2, -0.15) is 0 Å². The number of nitrogens with zero attached hydrogens (tertiary/aromatic N) is 1. The molecule has 2 aliphatic heterocycles. The Morgan fingerprint density at radius 3 is 2.32 bits per heavy atom. The molecule has 2 aromatic carbocycles. The van der Waals surface area contributed by atoms with Gasteiger partial charge in [0.15, 0.2) is 17.4 Å². The first-order chi connectivity index (χ1) is 21.0. The highest BCUT2D eigenvalue weighted by Gasteiger charge is 2.33. The van der Waals surface area contributed by atoms with Crippen molar-refractivity contribution in [2.24, 2.45) is 0 Å². The molecule has 1 saturated heterocycles. The number of halogens is 2. The van der Waals surface area contributed by atoms with Crippen LogP contribution in [-0.4, -0.2) is 51.3 Å². The number of aromatic carboxylic acids is 1. The zero-order chi connectivity index (χ0) is 31.7. The molecule has 0 unspecified atom stereocenters. The minimum atomic E-state index is -1.40. The summed E-state index contributed by atoms with van der Waals surface area (Å²) in [6.07, 6.45) is 1.39. The van der Waals surface area contributed by atoms with Crippen molar-refractivity contribution in [1.82, 2.24) is 10.2 Å². The molecule has 0 radical (unpaired) electrons. The number of carbonyl (C=O) groups is 5. The molecule has 5 rings (SSSR count). The van der Waals surface area contributed by atoms with E-state index in [0.717, 1.165) is 30.3 Å². The summed E-state index contributed by atoms with van der Waals surface area (Å²) in [5, 5.41) is 22.5. The van der Waals surface area contributed by atoms with Gasteiger partial charge in [-0.25, -0.2) is 18.5 Å². The van der Waals surface area contributed by atoms with Crippen molar-refractivity contribution in [3.05, 3.63) is 75.4 Å². The molecule has 2 aromatic rings. The molecule has 44 heavy (non-hydrogen) atoms. The van der Waals surface area contributed by atoms with E-state index in [0.29, 0.717) is 24.2 Å². The molecule has 3 aliphatic rings. The van der Waals surface area contributed by atoms with Crippen LogP contribution in [0.25, 0.3) is 33.4 Å². The van der Waals surface area contributed by atoms with E-state index >= 15 is 0 Å². The number of rotatable bonds is 9. The number of likely N-dealkylation sites (tertiary alicyclic amines) is 1. The van der Waals surface area contributed by atoms with Gasteiger partial charge in [0.1, 0.15) is 11.3 Å². The average molecular weight is 607 g/mol. The number of carboxylic acid groups (broad SMARTS) is 1. The van der Waals surface area contributed by atoms with Gasteiger partial charge in [-0.05, 0) is 48.7 Å². The molecular formula is C31H24F2N2O9. The molecule has 0 atom stereocenters. The number of imide groups is 3. The monoisotopic (exact) mass is 606 g/mol. The first-order valence-electron chi connectivity index (χ1n) is 13.6. The first kappa shape index (κ1) is 30.0. The molecular weight excluding hydrogens is 582 g/mol. The van der Waals surface area contributed by atoms with E-state index in [1.54, 1.807) is 0 Å². The Morgan fingerprint density at radius 1 is 0.886 bits per heavy atom. The Balaban J connectivity index is 1.39. The fourth-order valence-corrected chi connectivity index (χ4v) is 5.12. The lowest BCUT2D eigenvalue weighted by molar-refractivity contribution is -0.149. The summed E-state index contributed by atoms with van der Waals surface area (Å²) < 4.78 is 34.6. The molecule has 13 heteroatoms. The van der Waals surface area contributed by atoms with Gasteiger partial charge in [0.25, 0.3) is 5.91 Å². The topological polar surface area (TPSA) is 171 Å². The number of unbranched alkanes of at least 4 members (excludes halogenated alkanes) is 2. The zero-order valence-corrected chi connectivity index (χ0v) is 22.9. The lowest BCUT2D eigenvalue weighted by Crippen LogP contribution is -2.35. The molecule has 3 N–H and O–H groups in total. The summed E-state index contributed by atoms with van der Waals surface area (Å²) in [5.74, 6) is -6.72. The highest BCUT2D eigenvalue weighted by molar-refractivity contribution is 6.15. The largest absolute Gasteiger partial charge is 0.505 e. The van der Waals surface area contributed by atoms with Gasteiger partial charge >= 0.3 is 5.97 Å². The van der Waals surface area contributed by atoms with E-state index in [4.69, 9.17) is 4.42 Å². The smallest absolute Gasteiger partial charge is 0.336 e. The number of phenolic OH excluding ortho intramolecular Hbond substituents is 1. The number of nitrogens with one attached hydrogen (secondary N) is 1. The minimum absolute atomic E-state index is 0.00348. The Labute approximate surface area is 247 Å². The number of carbonyl (C=O) groups excluding carboxylic acids is 4. The van der Waals surface area contributed by atoms with Crippen LogP contribution < -0.4 is 10.7 Å². The van der Waals surface area contributed by atoms with Crippen LogP contribution in [0.5, 0.6) is 5.75 Å². The number of hydrogen-bond donors (Lipinski definition) is 3. The standard InChI is InChI=1S/C31H24F2N2O9/c32-20-11-18-24(13-22(20)36)44-25-14-23(37)21(33)12-19(25)29(18)17-10-15(5-6-16(17)31(42)43)30(41)34-9-3-1-2-4-26(38)35-27(39)7-8-28(35)40/h5-6,10-14,36H,1-4,7-9H2,(H,34,41)(H,42,43). The molecule has 4 amide bonds. The van der Waals surface area contributed by atoms with E-state index in [2.05, 4.69) is 5.32 Å². The van der Waals surface area contributed by atoms with Gasteiger partial charge < -0.3 is 19.9 Å². The summed E-state index contributed by atoms with van der Waals surface area (Å²) in [5.41, 5.74) is -1.61. The highest BCUT2D eigenvalue weighted by atomic mass is 19.1. The molecule has 0 spiro atoms. The van der Waals surface area contributed by atoms with Crippen molar-refractivity contribution in [1.29, 1.82) is 0 Å². The predicted octanol–water partition coefficient (Wildman–Crippen LogP) is 4.21. The van der Waals surface area contributed by atoms with Crippen LogP contribution in [0.2, 0.25) is 0 Å². The van der Waals surface area contributed by atoms with Gasteiger partial charge in [-0.1, -0.05) is 6.42 Å². The molecule has 0 aromatic heterocycles. The number of amides is 4. The second kappa shape index (κ2) is 12.0. The maximum atomic E-state index is 14.5. The summed E-state index contributed by atoms with van der Waals surface area (Å²) >= 11 is 0. The lowest BCUT2D eigenvalue weighted by atomic mass is 9.89. The van der Waals surface area contributed by atoms with Gasteiger partial charge in [0, 0.05) is 60.0 Å². The SMILES string of the molecule is O=C(NCCCCCC(=O)N1C(=O)CCC1=O)c1ccc(C(=O)O)c(-c2c3cc(F)c(=O)cc-3oc3cc(O)c(F)cc23)c1. The van der Waals surface area contributed by atoms with Crippen LogP contribution in [0.1, 0.15) is 59.2 Å². The molecule has 2 heterocycles. The molecule has 1 fully saturated rings. The van der Waals surface area contributed by atoms with E-state index in [1.165, 1.54) is 12.1 Å². The predicted molar refractivity (Wildman–Crippen MR) is 150 cm³/mol. The second-order valence-electron chi connectivity index (χ2n) is 10.2. The normalized spacial score (nSPS) is 13.2. The second-order valence-corrected chi connectivity index (χ2v) is 10.2. The minimum Gasteiger partial charge on any atom is -0.505 e. The van der Waals surface area contributed by atoms with Crippen molar-refractivity contribution in [2.45, 2.75) is 38.5 Å². The maximum Gasteiger partial charge on any atom is 0.336 e. The Morgan fingerprint density at radius 2 is 1.61 bits per heavy atom. The number of hydrogen-bond acceptors (Lipinski definition) is 8. The molecule has 0 saturated carbocycles. The van der Waals surface area contributed by atoms with Crippen molar-refractivity contribution >= 4 is 40.6 Å². The van der Waals surface area contributed by atoms with Crippen LogP contribution in [0.4, 0.5) is 8.78 Å². The van der Waals surface area contributed by atoms with E-state index in [9.17, 15) is 47.8 Å². The molecule has 226 valence electrons. The van der Waals surface area contributed by atoms with Crippen molar-refractivity contribution in [2.75, 3.05) is 6.54 Å². The first-order valence-corrected chi connectivity index (χ1v) is 13.6. The fraction of sp³-hybridized carbons (Fsp3) is 0.226. The third-order valence-electron chi connectivity index (χ3n) is 7.28. The van der Waals surface area contributed by atoms with Crippen molar-refractivity contribution in [3.63, 3.8) is 0 Å². The highest BCUT2D eigenvalue weighted by Crippen LogP contribution is 2.43. The quantitative estimate of drug-likeness (QED) is 0.143. The Hall–Kier alpha value is -5.46. The number of carboxylic acids is 1. The molecule has 11 nitrogen and oxygen atoms in total. The zero-order valence-electron chi connectivity index (χ0n) is 22.9. The number of phenols is 1. The maximum absolute atomic E-state index is 14.5. The van der Waals surface area contributed by atoms with Gasteiger partial charge in [-0.3, -0.25) is 24.0 Å². The van der Waals surface area contributed by atoms with Gasteiger partial charge in [-0.15, -0.1) is 0 Å². The third-order valence-corrected chi connectivity index (χ3v) is 7.28. The lowest BCUT2D eigenvalue weighted by Gasteiger charge is -2.18. The number of benzene rings is 3. The van der Waals surface area contributed by atoms with Crippen LogP contribution in [0.3, 0.4) is 0 Å². The summed E-state index contributed by atoms with van der Waals surface area (Å²) in [7, 11) is 0. The summed E-state index contributed by atoms with van der Waals surface area (Å²) in [6.45, 7) is 0.183. The van der Waals surface area contributed by atoms with E-state index in [-0.39, 0.29) is 70.4 Å². The molecule has 1 aliphatic carbocycles. The van der Waals surface area contributed by atoms with Crippen LogP contribution in [0, 0.1) is 11.6 Å². The van der Waals surface area contributed by atoms with Crippen LogP contribution in [0.15, 0.2) is 51.7 Å². The van der Waals surface area contributed by atoms with Crippen molar-refractivity contribution in [3.8, 4) is 28.2 Å². The molecule has 0 bridgehead atoms. The van der Waals surface area contributed by atoms with Crippen LogP contribution in [-0.2, 0) is 14.4 Å². The average Bonchev–Trinajstić information content (AvgIpc) is 3.32. The fourth-order valence-electron chi connectivity index (χ4n) is 5.12. The van der Waals surface area contributed by atoms with Crippen molar-refractivity contribution < 1.29 is 47.4 Å². The third kappa shape index (κ3) is 5.76. The van der Waals surface area contributed by atoms with Gasteiger partial charge in [0.2, 0.25) is 23.2 Å². The Bertz CT molecular complexity index is 1880. The van der Waals surface area contributed by atoms with E-state index < -0.39 is 52.4 Å². The Kier molecular flexibility index (Phi) is 8.21. The number of aromatic hydroxyl groups is 1. The number of fused-ring (bicyclic) bond motifs is 2. The summed E-state index contributed by atoms with van der Waals surface area (Å²) in [6, 6.07) is 7.17. The van der Waals surface area contributed by atoms with Gasteiger partial charge in [0.05, 0.1) is 5.56 Å². The van der Waals surface area contributed by atoms with Crippen LogP contribution >= 0.6 is 0 Å².